The second-order valence-electron chi connectivity index (χ2n) is 9.20. The van der Waals surface area contributed by atoms with E-state index in [1.165, 1.54) is 27.9 Å². The topological polar surface area (TPSA) is 52.6 Å². The molecule has 0 bridgehead atoms. The zero-order valence-electron chi connectivity index (χ0n) is 22.1. The van der Waals surface area contributed by atoms with Crippen LogP contribution in [0.25, 0.3) is 0 Å². The molecule has 0 aliphatic carbocycles. The molecule has 0 saturated carbocycles. The maximum absolute atomic E-state index is 11.8. The number of hydrogen-bond donors (Lipinski definition) is 0. The van der Waals surface area contributed by atoms with Crippen molar-refractivity contribution in [2.45, 2.75) is 99.8 Å². The predicted molar refractivity (Wildman–Crippen MR) is 139 cm³/mol. The Morgan fingerprint density at radius 3 is 1.18 bits per heavy atom. The molecule has 0 rings (SSSR count). The predicted octanol–water partition coefficient (Wildman–Crippen LogP) is 7.96. The van der Waals surface area contributed by atoms with Crippen LogP contribution in [0.15, 0.2) is 58.2 Å². The van der Waals surface area contributed by atoms with E-state index >= 15 is 0 Å². The lowest BCUT2D eigenvalue weighted by Gasteiger charge is -2.05. The van der Waals surface area contributed by atoms with Gasteiger partial charge in [-0.05, 0) is 99.1 Å². The zero-order valence-corrected chi connectivity index (χ0v) is 22.1. The van der Waals surface area contributed by atoms with Gasteiger partial charge in [-0.1, -0.05) is 46.1 Å². The highest BCUT2D eigenvalue weighted by molar-refractivity contribution is 5.77. The van der Waals surface area contributed by atoms with Gasteiger partial charge in [-0.25, -0.2) is 0 Å². The Morgan fingerprint density at radius 1 is 0.485 bits per heavy atom. The van der Waals surface area contributed by atoms with Crippen molar-refractivity contribution < 1.29 is 19.1 Å². The van der Waals surface area contributed by atoms with E-state index in [9.17, 15) is 9.59 Å². The Hall–Kier alpha value is -2.36. The minimum atomic E-state index is -0.376. The Bertz CT molecular complexity index is 740. The number of carbonyl (C=O) groups is 2. The number of esters is 2. The molecule has 186 valence electrons. The highest BCUT2D eigenvalue weighted by atomic mass is 16.5. The zero-order chi connectivity index (χ0) is 25.1. The van der Waals surface area contributed by atoms with Gasteiger partial charge in [0.05, 0.1) is 12.8 Å². The average Bonchev–Trinajstić information content (AvgIpc) is 2.71. The van der Waals surface area contributed by atoms with Crippen LogP contribution in [0.4, 0.5) is 0 Å². The minimum absolute atomic E-state index is 0.0442. The normalized spacial score (nSPS) is 12.3. The van der Waals surface area contributed by atoms with Crippen molar-refractivity contribution in [3.05, 3.63) is 58.2 Å². The van der Waals surface area contributed by atoms with Crippen molar-refractivity contribution in [3.8, 4) is 0 Å². The van der Waals surface area contributed by atoms with Crippen molar-refractivity contribution in [2.75, 3.05) is 13.2 Å². The molecule has 0 N–H and O–H groups in total. The lowest BCUT2D eigenvalue weighted by atomic mass is 10.1. The van der Waals surface area contributed by atoms with E-state index in [-0.39, 0.29) is 38.0 Å². The Balaban J connectivity index is 4.00. The Labute approximate surface area is 202 Å². The average molecular weight is 459 g/mol. The van der Waals surface area contributed by atoms with E-state index in [2.05, 4.69) is 52.8 Å². The smallest absolute Gasteiger partial charge is 0.306 e. The molecule has 0 aliphatic rings. The molecule has 0 fully saturated rings. The van der Waals surface area contributed by atoms with Crippen LogP contribution < -0.4 is 0 Å². The van der Waals surface area contributed by atoms with E-state index < -0.39 is 0 Å². The fourth-order valence-electron chi connectivity index (χ4n) is 2.93. The molecule has 0 atom stereocenters. The molecule has 33 heavy (non-hydrogen) atoms. The van der Waals surface area contributed by atoms with Crippen LogP contribution >= 0.6 is 0 Å². The van der Waals surface area contributed by atoms with Gasteiger partial charge in [-0.2, -0.15) is 0 Å². The van der Waals surface area contributed by atoms with Gasteiger partial charge in [-0.3, -0.25) is 9.59 Å². The van der Waals surface area contributed by atoms with Gasteiger partial charge in [-0.15, -0.1) is 0 Å². The molecule has 4 heteroatoms. The van der Waals surface area contributed by atoms with Crippen LogP contribution in [0.3, 0.4) is 0 Å². The van der Waals surface area contributed by atoms with Gasteiger partial charge >= 0.3 is 11.9 Å². The van der Waals surface area contributed by atoms with E-state index in [1.54, 1.807) is 0 Å². The molecule has 0 heterocycles. The van der Waals surface area contributed by atoms with Crippen molar-refractivity contribution in [1.82, 2.24) is 0 Å². The molecule has 0 saturated heterocycles. The lowest BCUT2D eigenvalue weighted by molar-refractivity contribution is -0.149. The standard InChI is InChI=1S/C29H46O4/c1-23(2)11-8-13-25(5)15-10-16-27(7)20-22-33-29(31)18-17-28(30)32-21-19-26(6)14-9-12-24(3)4/h11-12,15,19-20H,8-10,13-14,16-18,21-22H2,1-7H3/b25-15?,26-19+,27-20?. The van der Waals surface area contributed by atoms with Gasteiger partial charge in [0.25, 0.3) is 0 Å². The minimum Gasteiger partial charge on any atom is -0.461 e. The van der Waals surface area contributed by atoms with Crippen molar-refractivity contribution in [1.29, 1.82) is 0 Å². The summed E-state index contributed by atoms with van der Waals surface area (Å²) in [5.41, 5.74) is 6.47. The fourth-order valence-corrected chi connectivity index (χ4v) is 2.93. The number of allylic oxidation sites excluding steroid dienone is 8. The summed E-state index contributed by atoms with van der Waals surface area (Å²) in [6, 6.07) is 0. The highest BCUT2D eigenvalue weighted by Gasteiger charge is 2.08. The number of carbonyl (C=O) groups excluding carboxylic acids is 2. The molecule has 0 aliphatic heterocycles. The summed E-state index contributed by atoms with van der Waals surface area (Å²) in [6.45, 7) is 15.2. The number of ether oxygens (including phenoxy) is 2. The van der Waals surface area contributed by atoms with Gasteiger partial charge in [0, 0.05) is 0 Å². The van der Waals surface area contributed by atoms with Gasteiger partial charge < -0.3 is 9.47 Å². The van der Waals surface area contributed by atoms with Crippen LogP contribution in [0.5, 0.6) is 0 Å². The van der Waals surface area contributed by atoms with E-state index in [4.69, 9.17) is 9.47 Å². The third-order valence-electron chi connectivity index (χ3n) is 5.10. The van der Waals surface area contributed by atoms with Crippen LogP contribution in [0.1, 0.15) is 99.8 Å². The molecule has 0 unspecified atom stereocenters. The number of rotatable bonds is 16. The Kier molecular flexibility index (Phi) is 17.8. The molecular formula is C29H46O4. The second kappa shape index (κ2) is 19.1. The van der Waals surface area contributed by atoms with Crippen molar-refractivity contribution in [3.63, 3.8) is 0 Å². The largest absolute Gasteiger partial charge is 0.461 e. The first-order chi connectivity index (χ1) is 15.6. The molecule has 0 aromatic carbocycles. The van der Waals surface area contributed by atoms with Gasteiger partial charge in [0.1, 0.15) is 13.2 Å². The first-order valence-corrected chi connectivity index (χ1v) is 12.1. The maximum atomic E-state index is 11.8. The van der Waals surface area contributed by atoms with Crippen molar-refractivity contribution in [2.24, 2.45) is 0 Å². The van der Waals surface area contributed by atoms with E-state index in [0.29, 0.717) is 0 Å². The molecule has 0 aromatic heterocycles. The van der Waals surface area contributed by atoms with E-state index in [0.717, 1.165) is 38.5 Å². The first-order valence-electron chi connectivity index (χ1n) is 12.1. The molecular weight excluding hydrogens is 412 g/mol. The third-order valence-corrected chi connectivity index (χ3v) is 5.10. The summed E-state index contributed by atoms with van der Waals surface area (Å²) in [7, 11) is 0. The van der Waals surface area contributed by atoms with Crippen LogP contribution in [-0.2, 0) is 19.1 Å². The molecule has 0 radical (unpaired) electrons. The molecule has 0 spiro atoms. The third kappa shape index (κ3) is 21.3. The quantitative estimate of drug-likeness (QED) is 0.174. The molecule has 0 aromatic rings. The summed E-state index contributed by atoms with van der Waals surface area (Å²) < 4.78 is 10.4. The SMILES string of the molecule is CC(C)=CCCC(C)=CCCC(C)=CCOC(=O)CCC(=O)OC/C=C(\C)CCC=C(C)C. The number of hydrogen-bond acceptors (Lipinski definition) is 4. The Morgan fingerprint density at radius 2 is 0.818 bits per heavy atom. The first kappa shape index (κ1) is 30.6. The van der Waals surface area contributed by atoms with Crippen LogP contribution in [0, 0.1) is 0 Å². The lowest BCUT2D eigenvalue weighted by Crippen LogP contribution is -2.10. The highest BCUT2D eigenvalue weighted by Crippen LogP contribution is 2.11. The maximum Gasteiger partial charge on any atom is 0.306 e. The van der Waals surface area contributed by atoms with Gasteiger partial charge in [0.15, 0.2) is 0 Å². The van der Waals surface area contributed by atoms with Crippen LogP contribution in [0.2, 0.25) is 0 Å². The van der Waals surface area contributed by atoms with E-state index in [1.807, 2.05) is 26.0 Å². The summed E-state index contributed by atoms with van der Waals surface area (Å²) >= 11 is 0. The summed E-state index contributed by atoms with van der Waals surface area (Å²) in [5, 5.41) is 0. The monoisotopic (exact) mass is 458 g/mol. The fraction of sp³-hybridized carbons (Fsp3) is 0.586. The molecule has 0 amide bonds. The van der Waals surface area contributed by atoms with Crippen molar-refractivity contribution >= 4 is 11.9 Å². The van der Waals surface area contributed by atoms with Gasteiger partial charge in [0.2, 0.25) is 0 Å². The van der Waals surface area contributed by atoms with Crippen LogP contribution in [-0.4, -0.2) is 25.2 Å². The summed E-state index contributed by atoms with van der Waals surface area (Å²) in [6.07, 6.45) is 16.8. The summed E-state index contributed by atoms with van der Waals surface area (Å²) in [5.74, 6) is -0.752. The molecule has 4 nitrogen and oxygen atoms in total. The second-order valence-corrected chi connectivity index (χ2v) is 9.20. The summed E-state index contributed by atoms with van der Waals surface area (Å²) in [4.78, 5) is 23.6.